The maximum atomic E-state index is 12.6. The summed E-state index contributed by atoms with van der Waals surface area (Å²) in [6, 6.07) is 9.80. The Hall–Kier alpha value is -2.20. The van der Waals surface area contributed by atoms with Crippen molar-refractivity contribution in [1.82, 2.24) is 4.98 Å². The molecule has 0 atom stereocenters. The third-order valence-electron chi connectivity index (χ3n) is 2.39. The van der Waals surface area contributed by atoms with Crippen LogP contribution in [0.5, 0.6) is 0 Å². The van der Waals surface area contributed by atoms with E-state index >= 15 is 0 Å². The molecule has 1 aromatic carbocycles. The normalized spacial score (nSPS) is 11.1. The average molecular weight is 295 g/mol. The van der Waals surface area contributed by atoms with Gasteiger partial charge in [0.2, 0.25) is 0 Å². The summed E-state index contributed by atoms with van der Waals surface area (Å²) in [6.45, 7) is 0. The highest BCUT2D eigenvalue weighted by molar-refractivity contribution is 7.99. The van der Waals surface area contributed by atoms with Gasteiger partial charge in [-0.2, -0.15) is 18.4 Å². The summed E-state index contributed by atoms with van der Waals surface area (Å²) in [4.78, 5) is 4.36. The summed E-state index contributed by atoms with van der Waals surface area (Å²) in [5.74, 6) is 0. The Kier molecular flexibility index (Phi) is 3.86. The summed E-state index contributed by atoms with van der Waals surface area (Å²) in [5, 5.41) is 9.22. The zero-order valence-electron chi connectivity index (χ0n) is 9.98. The maximum absolute atomic E-state index is 12.6. The van der Waals surface area contributed by atoms with Crippen molar-refractivity contribution in [3.8, 4) is 6.07 Å². The summed E-state index contributed by atoms with van der Waals surface area (Å²) in [5.41, 5.74) is 5.10. The van der Waals surface area contributed by atoms with Gasteiger partial charge in [0, 0.05) is 4.90 Å². The summed E-state index contributed by atoms with van der Waals surface area (Å²) >= 11 is 1.04. The maximum Gasteiger partial charge on any atom is 0.416 e. The molecule has 0 saturated heterocycles. The molecule has 0 bridgehead atoms. The lowest BCUT2D eigenvalue weighted by molar-refractivity contribution is -0.137. The molecule has 1 heterocycles. The number of nitrogens with zero attached hydrogens (tertiary/aromatic N) is 2. The standard InChI is InChI=1S/C13H8F3N3S/c14-13(15,16)8-2-1-3-9(6-8)20-12-5-4-10(18)11(7-17)19-12/h1-6H,18H2. The molecule has 0 fully saturated rings. The molecule has 2 N–H and O–H groups in total. The molecule has 3 nitrogen and oxygen atoms in total. The Morgan fingerprint density at radius 2 is 1.95 bits per heavy atom. The number of nitriles is 1. The van der Waals surface area contributed by atoms with E-state index in [0.717, 1.165) is 23.9 Å². The fourth-order valence-electron chi connectivity index (χ4n) is 1.46. The molecule has 2 aromatic rings. The summed E-state index contributed by atoms with van der Waals surface area (Å²) < 4.78 is 37.8. The number of halogens is 3. The van der Waals surface area contributed by atoms with Gasteiger partial charge in [-0.05, 0) is 30.3 Å². The Balaban J connectivity index is 2.29. The number of aromatic nitrogens is 1. The van der Waals surface area contributed by atoms with Crippen LogP contribution in [-0.4, -0.2) is 4.98 Å². The van der Waals surface area contributed by atoms with Gasteiger partial charge in [0.05, 0.1) is 11.3 Å². The molecule has 0 amide bonds. The highest BCUT2D eigenvalue weighted by Gasteiger charge is 2.30. The van der Waals surface area contributed by atoms with Crippen molar-refractivity contribution >= 4 is 17.4 Å². The molecular formula is C13H8F3N3S. The van der Waals surface area contributed by atoms with E-state index in [1.54, 1.807) is 12.1 Å². The number of benzene rings is 1. The zero-order valence-corrected chi connectivity index (χ0v) is 10.8. The Labute approximate surface area is 117 Å². The predicted molar refractivity (Wildman–Crippen MR) is 68.9 cm³/mol. The lowest BCUT2D eigenvalue weighted by Gasteiger charge is -2.08. The Morgan fingerprint density at radius 1 is 1.20 bits per heavy atom. The topological polar surface area (TPSA) is 62.7 Å². The highest BCUT2D eigenvalue weighted by Crippen LogP contribution is 2.34. The van der Waals surface area contributed by atoms with Crippen LogP contribution in [0.4, 0.5) is 18.9 Å². The highest BCUT2D eigenvalue weighted by atomic mass is 32.2. The molecular weight excluding hydrogens is 287 g/mol. The van der Waals surface area contributed by atoms with Crippen molar-refractivity contribution in [2.45, 2.75) is 16.1 Å². The predicted octanol–water partition coefficient (Wildman–Crippen LogP) is 3.71. The molecule has 20 heavy (non-hydrogen) atoms. The van der Waals surface area contributed by atoms with Crippen molar-refractivity contribution in [3.63, 3.8) is 0 Å². The second kappa shape index (κ2) is 5.43. The minimum Gasteiger partial charge on any atom is -0.396 e. The fraction of sp³-hybridized carbons (Fsp3) is 0.0769. The van der Waals surface area contributed by atoms with Crippen molar-refractivity contribution in [1.29, 1.82) is 5.26 Å². The van der Waals surface area contributed by atoms with Crippen molar-refractivity contribution in [3.05, 3.63) is 47.7 Å². The smallest absolute Gasteiger partial charge is 0.396 e. The largest absolute Gasteiger partial charge is 0.416 e. The average Bonchev–Trinajstić information content (AvgIpc) is 2.40. The van der Waals surface area contributed by atoms with E-state index in [4.69, 9.17) is 11.0 Å². The van der Waals surface area contributed by atoms with E-state index in [2.05, 4.69) is 4.98 Å². The van der Waals surface area contributed by atoms with Crippen molar-refractivity contribution in [2.24, 2.45) is 0 Å². The molecule has 0 radical (unpaired) electrons. The van der Waals surface area contributed by atoms with E-state index in [1.807, 2.05) is 6.07 Å². The molecule has 2 rings (SSSR count). The molecule has 102 valence electrons. The van der Waals surface area contributed by atoms with Crippen LogP contribution in [0.3, 0.4) is 0 Å². The third-order valence-corrected chi connectivity index (χ3v) is 3.32. The summed E-state index contributed by atoms with van der Waals surface area (Å²) in [6.07, 6.45) is -4.39. The molecule has 7 heteroatoms. The Bertz CT molecular complexity index is 677. The van der Waals surface area contributed by atoms with Crippen LogP contribution < -0.4 is 5.73 Å². The minimum atomic E-state index is -4.39. The number of nitrogen functional groups attached to an aromatic ring is 1. The molecule has 1 aromatic heterocycles. The van der Waals surface area contributed by atoms with Gasteiger partial charge >= 0.3 is 6.18 Å². The second-order valence-corrected chi connectivity index (χ2v) is 4.92. The third kappa shape index (κ3) is 3.22. The summed E-state index contributed by atoms with van der Waals surface area (Å²) in [7, 11) is 0. The van der Waals surface area contributed by atoms with Crippen molar-refractivity contribution in [2.75, 3.05) is 5.73 Å². The fourth-order valence-corrected chi connectivity index (χ4v) is 2.30. The SMILES string of the molecule is N#Cc1nc(Sc2cccc(C(F)(F)F)c2)ccc1N. The molecule has 0 aliphatic rings. The first kappa shape index (κ1) is 14.2. The molecule has 0 aliphatic heterocycles. The van der Waals surface area contributed by atoms with Gasteiger partial charge in [0.1, 0.15) is 11.1 Å². The van der Waals surface area contributed by atoms with E-state index in [0.29, 0.717) is 9.92 Å². The second-order valence-electron chi connectivity index (χ2n) is 3.83. The number of alkyl halides is 3. The molecule has 0 spiro atoms. The van der Waals surface area contributed by atoms with Crippen LogP contribution in [0.25, 0.3) is 0 Å². The quantitative estimate of drug-likeness (QED) is 0.917. The number of anilines is 1. The van der Waals surface area contributed by atoms with Crippen LogP contribution in [-0.2, 0) is 6.18 Å². The Morgan fingerprint density at radius 3 is 2.60 bits per heavy atom. The first-order valence-corrected chi connectivity index (χ1v) is 6.23. The molecule has 0 saturated carbocycles. The van der Waals surface area contributed by atoms with Crippen LogP contribution in [0.1, 0.15) is 11.3 Å². The number of hydrogen-bond acceptors (Lipinski definition) is 4. The van der Waals surface area contributed by atoms with Crippen LogP contribution in [0.15, 0.2) is 46.3 Å². The van der Waals surface area contributed by atoms with Gasteiger partial charge < -0.3 is 5.73 Å². The minimum absolute atomic E-state index is 0.0574. The van der Waals surface area contributed by atoms with E-state index in [-0.39, 0.29) is 11.4 Å². The lowest BCUT2D eigenvalue weighted by atomic mass is 10.2. The first-order valence-electron chi connectivity index (χ1n) is 5.42. The first-order chi connectivity index (χ1) is 9.40. The van der Waals surface area contributed by atoms with Crippen LogP contribution in [0.2, 0.25) is 0 Å². The van der Waals surface area contributed by atoms with E-state index in [1.165, 1.54) is 12.1 Å². The lowest BCUT2D eigenvalue weighted by Crippen LogP contribution is -2.04. The number of nitrogens with two attached hydrogens (primary N) is 1. The van der Waals surface area contributed by atoms with Crippen LogP contribution >= 0.6 is 11.8 Å². The van der Waals surface area contributed by atoms with Gasteiger partial charge in [-0.3, -0.25) is 0 Å². The van der Waals surface area contributed by atoms with Gasteiger partial charge in [0.15, 0.2) is 5.69 Å². The monoisotopic (exact) mass is 295 g/mol. The zero-order chi connectivity index (χ0) is 14.8. The van der Waals surface area contributed by atoms with Gasteiger partial charge in [-0.25, -0.2) is 4.98 Å². The van der Waals surface area contributed by atoms with Gasteiger partial charge in [-0.15, -0.1) is 0 Å². The van der Waals surface area contributed by atoms with Gasteiger partial charge in [0.25, 0.3) is 0 Å². The van der Waals surface area contributed by atoms with E-state index in [9.17, 15) is 13.2 Å². The number of pyridine rings is 1. The van der Waals surface area contributed by atoms with Crippen molar-refractivity contribution < 1.29 is 13.2 Å². The molecule has 0 aliphatic carbocycles. The van der Waals surface area contributed by atoms with Crippen LogP contribution in [0, 0.1) is 11.3 Å². The van der Waals surface area contributed by atoms with Gasteiger partial charge in [-0.1, -0.05) is 17.8 Å². The number of rotatable bonds is 2. The number of hydrogen-bond donors (Lipinski definition) is 1. The molecule has 0 unspecified atom stereocenters. The van der Waals surface area contributed by atoms with E-state index < -0.39 is 11.7 Å².